The fourth-order valence-electron chi connectivity index (χ4n) is 6.70. The van der Waals surface area contributed by atoms with E-state index in [9.17, 15) is 25.9 Å². The zero-order valence-corrected chi connectivity index (χ0v) is 34.7. The fraction of sp³-hybridized carbons (Fsp3) is 0.200. The maximum Gasteiger partial charge on any atom is 0.295 e. The Morgan fingerprint density at radius 2 is 0.935 bits per heavy atom. The average molecular weight is 885 g/mol. The first-order chi connectivity index (χ1) is 29.9. The number of nitrogens with one attached hydrogen (secondary N) is 6. The van der Waals surface area contributed by atoms with E-state index in [4.69, 9.17) is 9.47 Å². The van der Waals surface area contributed by atoms with Crippen molar-refractivity contribution in [3.63, 3.8) is 0 Å². The minimum Gasteiger partial charge on any atom is -0.378 e. The Hall–Kier alpha value is -6.82. The molecule has 4 heterocycles. The molecule has 2 fully saturated rings. The molecule has 62 heavy (non-hydrogen) atoms. The van der Waals surface area contributed by atoms with Crippen LogP contribution >= 0.6 is 0 Å². The molecule has 0 aromatic heterocycles. The molecule has 2 saturated heterocycles. The minimum absolute atomic E-state index is 0.0487. The number of amidine groups is 2. The standard InChI is InChI=1S/C40H44N12O8S2/c53-61(54,55)35-25-33(41-37-27-39(49-17-21-59-22-18-49)47-51(45-37)43-31-7-3-1-4-8-31)15-13-29(35)11-12-30-14-16-34(26-36(30)62(56,57)58)42-38-28-40(50-19-23-60-24-20-50)48-52(46-38)44-32-9-5-2-6-10-32/h1-16,25-28,41-46H,17-24H2,(H,53,54,55)(H,56,57,58). The predicted molar refractivity (Wildman–Crippen MR) is 235 cm³/mol. The highest BCUT2D eigenvalue weighted by Crippen LogP contribution is 2.28. The first kappa shape index (κ1) is 41.9. The number of hydrazone groups is 2. The van der Waals surface area contributed by atoms with Gasteiger partial charge < -0.3 is 29.9 Å². The van der Waals surface area contributed by atoms with E-state index in [1.54, 1.807) is 24.3 Å². The van der Waals surface area contributed by atoms with Crippen LogP contribution in [0.5, 0.6) is 0 Å². The topological polar surface area (TPSA) is 237 Å². The van der Waals surface area contributed by atoms with E-state index in [-0.39, 0.29) is 11.1 Å². The monoisotopic (exact) mass is 884 g/mol. The highest BCUT2D eigenvalue weighted by atomic mass is 32.2. The minimum atomic E-state index is -4.80. The fourth-order valence-corrected chi connectivity index (χ4v) is 8.12. The second-order valence-electron chi connectivity index (χ2n) is 14.1. The van der Waals surface area contributed by atoms with Gasteiger partial charge in [-0.15, -0.1) is 20.7 Å². The Morgan fingerprint density at radius 1 is 0.548 bits per heavy atom. The normalized spacial score (nSPS) is 17.3. The third kappa shape index (κ3) is 10.7. The molecule has 0 amide bonds. The molecular weight excluding hydrogens is 841 g/mol. The molecule has 324 valence electrons. The molecule has 0 unspecified atom stereocenters. The molecule has 4 aliphatic heterocycles. The van der Waals surface area contributed by atoms with Gasteiger partial charge in [0.05, 0.1) is 37.8 Å². The van der Waals surface area contributed by atoms with Crippen molar-refractivity contribution in [3.8, 4) is 0 Å². The van der Waals surface area contributed by atoms with Crippen LogP contribution in [0.1, 0.15) is 11.1 Å². The summed E-state index contributed by atoms with van der Waals surface area (Å²) in [6, 6.07) is 27.4. The van der Waals surface area contributed by atoms with Crippen molar-refractivity contribution < 1.29 is 35.4 Å². The molecule has 22 heteroatoms. The van der Waals surface area contributed by atoms with E-state index in [2.05, 4.69) is 42.5 Å². The highest BCUT2D eigenvalue weighted by Gasteiger charge is 2.24. The summed E-state index contributed by atoms with van der Waals surface area (Å²) >= 11 is 0. The third-order valence-electron chi connectivity index (χ3n) is 9.68. The Labute approximate surface area is 358 Å². The average Bonchev–Trinajstić information content (AvgIpc) is 3.27. The van der Waals surface area contributed by atoms with Gasteiger partial charge in [-0.1, -0.05) is 60.7 Å². The summed E-state index contributed by atoms with van der Waals surface area (Å²) < 4.78 is 82.7. The number of nitrogens with zero attached hydrogens (tertiary/aromatic N) is 6. The molecular formula is C40H44N12O8S2. The van der Waals surface area contributed by atoms with Gasteiger partial charge in [0.1, 0.15) is 21.4 Å². The van der Waals surface area contributed by atoms with Crippen LogP contribution in [0.4, 0.5) is 22.7 Å². The number of benzene rings is 4. The van der Waals surface area contributed by atoms with Gasteiger partial charge in [-0.3, -0.25) is 20.0 Å². The van der Waals surface area contributed by atoms with Gasteiger partial charge in [0.15, 0.2) is 11.7 Å². The first-order valence-electron chi connectivity index (χ1n) is 19.4. The van der Waals surface area contributed by atoms with E-state index < -0.39 is 30.0 Å². The van der Waals surface area contributed by atoms with Crippen LogP contribution in [-0.2, 0) is 29.7 Å². The highest BCUT2D eigenvalue weighted by molar-refractivity contribution is 7.86. The quantitative estimate of drug-likeness (QED) is 0.0745. The van der Waals surface area contributed by atoms with E-state index in [0.717, 1.165) is 11.4 Å². The van der Waals surface area contributed by atoms with Gasteiger partial charge in [-0.2, -0.15) is 16.8 Å². The lowest BCUT2D eigenvalue weighted by Crippen LogP contribution is -2.48. The molecule has 0 radical (unpaired) electrons. The number of para-hydroxylation sites is 2. The lowest BCUT2D eigenvalue weighted by molar-refractivity contribution is 0.0668. The smallest absolute Gasteiger partial charge is 0.295 e. The van der Waals surface area contributed by atoms with E-state index in [0.29, 0.717) is 87.3 Å². The van der Waals surface area contributed by atoms with Gasteiger partial charge in [-0.05, 0) is 59.7 Å². The van der Waals surface area contributed by atoms with Crippen molar-refractivity contribution in [3.05, 3.63) is 132 Å². The van der Waals surface area contributed by atoms with Gasteiger partial charge in [0.2, 0.25) is 0 Å². The van der Waals surface area contributed by atoms with Crippen LogP contribution in [0.3, 0.4) is 0 Å². The Kier molecular flexibility index (Phi) is 12.5. The van der Waals surface area contributed by atoms with Gasteiger partial charge >= 0.3 is 0 Å². The van der Waals surface area contributed by atoms with Gasteiger partial charge in [0.25, 0.3) is 20.2 Å². The number of ether oxygens (including phenoxy) is 2. The molecule has 4 aromatic carbocycles. The van der Waals surface area contributed by atoms with Crippen molar-refractivity contribution in [1.82, 2.24) is 31.1 Å². The first-order valence-corrected chi connectivity index (χ1v) is 22.3. The Balaban J connectivity index is 1.03. The molecule has 0 aliphatic carbocycles. The van der Waals surface area contributed by atoms with Crippen molar-refractivity contribution in [2.75, 3.05) is 74.1 Å². The molecule has 0 bridgehead atoms. The molecule has 20 nitrogen and oxygen atoms in total. The van der Waals surface area contributed by atoms with Crippen molar-refractivity contribution >= 4 is 66.8 Å². The summed E-state index contributed by atoms with van der Waals surface area (Å²) in [7, 11) is -9.60. The number of anilines is 4. The predicted octanol–water partition coefficient (Wildman–Crippen LogP) is 3.84. The van der Waals surface area contributed by atoms with Crippen LogP contribution in [0, 0.1) is 0 Å². The summed E-state index contributed by atoms with van der Waals surface area (Å²) in [5.41, 5.74) is 14.8. The van der Waals surface area contributed by atoms with Crippen molar-refractivity contribution in [1.29, 1.82) is 0 Å². The zero-order chi connectivity index (χ0) is 43.1. The molecule has 8 rings (SSSR count). The maximum absolute atomic E-state index is 12.8. The summed E-state index contributed by atoms with van der Waals surface area (Å²) in [4.78, 5) is 3.19. The van der Waals surface area contributed by atoms with Crippen LogP contribution in [0.25, 0.3) is 12.2 Å². The second-order valence-corrected chi connectivity index (χ2v) is 16.9. The van der Waals surface area contributed by atoms with Crippen LogP contribution in [0.15, 0.2) is 141 Å². The second kappa shape index (κ2) is 18.4. The molecule has 0 spiro atoms. The number of rotatable bonds is 12. The number of hydrogen-bond acceptors (Lipinski definition) is 18. The van der Waals surface area contributed by atoms with E-state index in [1.807, 2.05) is 70.5 Å². The summed E-state index contributed by atoms with van der Waals surface area (Å²) in [6.45, 7) is 4.57. The Bertz CT molecular complexity index is 2450. The number of hydrazine groups is 4. The zero-order valence-electron chi connectivity index (χ0n) is 33.0. The molecule has 4 aliphatic rings. The largest absolute Gasteiger partial charge is 0.378 e. The van der Waals surface area contributed by atoms with Gasteiger partial charge in [0, 0.05) is 49.7 Å². The molecule has 4 aromatic rings. The maximum atomic E-state index is 12.8. The summed E-state index contributed by atoms with van der Waals surface area (Å²) in [5.74, 6) is 2.10. The summed E-state index contributed by atoms with van der Waals surface area (Å²) in [5, 5.41) is 18.5. The SMILES string of the molecule is O=S(=O)(O)c1cc(NC2=CC(N3CCOCC3)=NN(Nc3ccccc3)N2)ccc1C=Cc1ccc(NC2=CC(N3CCOCC3)=NN(Nc3ccccc3)N2)cc1S(=O)(=O)O. The molecule has 0 saturated carbocycles. The van der Waals surface area contributed by atoms with Crippen LogP contribution < -0.4 is 32.3 Å². The van der Waals surface area contributed by atoms with E-state index in [1.165, 1.54) is 46.9 Å². The van der Waals surface area contributed by atoms with Crippen LogP contribution in [-0.4, -0.2) is 110 Å². The lowest BCUT2D eigenvalue weighted by atomic mass is 10.1. The van der Waals surface area contributed by atoms with Crippen LogP contribution in [0.2, 0.25) is 0 Å². The Morgan fingerprint density at radius 3 is 1.31 bits per heavy atom. The van der Waals surface area contributed by atoms with Crippen molar-refractivity contribution in [2.45, 2.75) is 9.79 Å². The lowest BCUT2D eigenvalue weighted by Gasteiger charge is -2.34. The molecule has 8 N–H and O–H groups in total. The summed E-state index contributed by atoms with van der Waals surface area (Å²) in [6.07, 6.45) is 6.19. The van der Waals surface area contributed by atoms with Crippen molar-refractivity contribution in [2.24, 2.45) is 10.2 Å². The molecule has 0 atom stereocenters. The van der Waals surface area contributed by atoms with Gasteiger partial charge in [-0.25, -0.2) is 10.9 Å². The third-order valence-corrected chi connectivity index (χ3v) is 11.5. The van der Waals surface area contributed by atoms with E-state index >= 15 is 0 Å². The number of morpholine rings is 2. The number of hydrogen-bond donors (Lipinski definition) is 8.